The Hall–Kier alpha value is -1.75. The van der Waals surface area contributed by atoms with Gasteiger partial charge in [-0.05, 0) is 60.5 Å². The average Bonchev–Trinajstić information content (AvgIpc) is 2.79. The van der Waals surface area contributed by atoms with Crippen LogP contribution in [0.4, 0.5) is 0 Å². The molecule has 4 nitrogen and oxygen atoms in total. The first-order chi connectivity index (χ1) is 15.2. The van der Waals surface area contributed by atoms with E-state index in [0.29, 0.717) is 19.5 Å². The quantitative estimate of drug-likeness (QED) is 0.297. The molecule has 2 rings (SSSR count). The van der Waals surface area contributed by atoms with Crippen molar-refractivity contribution in [2.45, 2.75) is 96.1 Å². The summed E-state index contributed by atoms with van der Waals surface area (Å²) in [5, 5.41) is 2.58. The highest BCUT2D eigenvalue weighted by Crippen LogP contribution is 2.24. The lowest BCUT2D eigenvalue weighted by Crippen LogP contribution is -2.30. The van der Waals surface area contributed by atoms with Crippen molar-refractivity contribution in [1.29, 1.82) is 0 Å². The number of aryl methyl sites for hydroxylation is 1. The predicted molar refractivity (Wildman–Crippen MR) is 133 cm³/mol. The Morgan fingerprint density at radius 1 is 0.774 bits per heavy atom. The van der Waals surface area contributed by atoms with E-state index in [4.69, 9.17) is 17.2 Å². The molecule has 0 fully saturated rings. The van der Waals surface area contributed by atoms with Crippen LogP contribution >= 0.6 is 0 Å². The topological polar surface area (TPSA) is 95.1 Å². The monoisotopic (exact) mass is 425 g/mol. The van der Waals surface area contributed by atoms with Gasteiger partial charge in [0.25, 0.3) is 0 Å². The van der Waals surface area contributed by atoms with Crippen molar-refractivity contribution in [2.24, 2.45) is 17.2 Å². The summed E-state index contributed by atoms with van der Waals surface area (Å²) in [5.41, 5.74) is 20.2. The molecule has 4 heteroatoms. The minimum atomic E-state index is -0.283. The molecule has 0 bridgehead atoms. The molecule has 2 aromatic carbocycles. The molecule has 0 aliphatic heterocycles. The fraction of sp³-hybridized carbons (Fsp3) is 0.593. The summed E-state index contributed by atoms with van der Waals surface area (Å²) in [7, 11) is 0. The van der Waals surface area contributed by atoms with E-state index < -0.39 is 0 Å². The highest BCUT2D eigenvalue weighted by atomic mass is 16.1. The maximum Gasteiger partial charge on any atom is 0.149 e. The van der Waals surface area contributed by atoms with Gasteiger partial charge in [-0.2, -0.15) is 0 Å². The third-order valence-corrected chi connectivity index (χ3v) is 6.34. The van der Waals surface area contributed by atoms with Crippen LogP contribution < -0.4 is 17.2 Å². The highest BCUT2D eigenvalue weighted by Gasteiger charge is 2.12. The zero-order valence-corrected chi connectivity index (χ0v) is 19.3. The number of benzene rings is 2. The molecule has 0 amide bonds. The normalized spacial score (nSPS) is 12.4. The molecule has 0 unspecified atom stereocenters. The van der Waals surface area contributed by atoms with Gasteiger partial charge in [-0.1, -0.05) is 81.3 Å². The molecule has 0 radical (unpaired) electrons. The zero-order chi connectivity index (χ0) is 22.3. The molecule has 0 heterocycles. The molecule has 172 valence electrons. The second-order valence-electron chi connectivity index (χ2n) is 8.81. The molecule has 6 N–H and O–H groups in total. The molecule has 31 heavy (non-hydrogen) atoms. The van der Waals surface area contributed by atoms with Gasteiger partial charge in [0, 0.05) is 13.0 Å². The summed E-state index contributed by atoms with van der Waals surface area (Å²) in [4.78, 5) is 12.0. The maximum atomic E-state index is 12.0. The summed E-state index contributed by atoms with van der Waals surface area (Å²) in [5.74, 6) is 0.225. The average molecular weight is 426 g/mol. The van der Waals surface area contributed by atoms with Crippen LogP contribution in [0.2, 0.25) is 0 Å². The van der Waals surface area contributed by atoms with E-state index in [-0.39, 0.29) is 11.8 Å². The van der Waals surface area contributed by atoms with E-state index in [1.807, 2.05) is 0 Å². The lowest BCUT2D eigenvalue weighted by molar-refractivity contribution is -0.120. The Labute approximate surface area is 188 Å². The van der Waals surface area contributed by atoms with Crippen LogP contribution in [0.1, 0.15) is 88.2 Å². The second kappa shape index (κ2) is 15.1. The fourth-order valence-corrected chi connectivity index (χ4v) is 4.39. The van der Waals surface area contributed by atoms with E-state index in [1.165, 1.54) is 60.4 Å². The van der Waals surface area contributed by atoms with Crippen LogP contribution in [-0.2, 0) is 17.8 Å². The number of hydrogen-bond acceptors (Lipinski definition) is 4. The molecule has 2 aromatic rings. The first kappa shape index (κ1) is 25.5. The first-order valence-electron chi connectivity index (χ1n) is 12.3. The van der Waals surface area contributed by atoms with Gasteiger partial charge in [0.2, 0.25) is 0 Å². The molecular weight excluding hydrogens is 382 g/mol. The summed E-state index contributed by atoms with van der Waals surface area (Å²) in [6, 6.07) is 12.7. The van der Waals surface area contributed by atoms with Gasteiger partial charge in [0.1, 0.15) is 5.78 Å². The van der Waals surface area contributed by atoms with Crippen molar-refractivity contribution >= 4 is 16.6 Å². The van der Waals surface area contributed by atoms with E-state index in [1.54, 1.807) is 0 Å². The Morgan fingerprint density at radius 2 is 1.45 bits per heavy atom. The van der Waals surface area contributed by atoms with Crippen molar-refractivity contribution in [3.63, 3.8) is 0 Å². The van der Waals surface area contributed by atoms with Crippen molar-refractivity contribution < 1.29 is 4.79 Å². The standard InChI is InChI=1S/C27H43N3O/c28-20-12-11-16-26(30)27(31)17-8-6-4-2-1-3-5-7-13-23-19-18-22-14-9-10-15-24(22)25(23)21-29/h9-10,14-15,18-19,26H,1-8,11-13,16-17,20-21,28-30H2/t26-/m0/s1. The van der Waals surface area contributed by atoms with E-state index in [0.717, 1.165) is 38.5 Å². The number of nitrogens with two attached hydrogens (primary N) is 3. The van der Waals surface area contributed by atoms with Gasteiger partial charge in [-0.3, -0.25) is 4.79 Å². The Balaban J connectivity index is 1.52. The van der Waals surface area contributed by atoms with Crippen LogP contribution in [0.15, 0.2) is 36.4 Å². The van der Waals surface area contributed by atoms with Crippen LogP contribution in [0.5, 0.6) is 0 Å². The number of hydrogen-bond donors (Lipinski definition) is 3. The van der Waals surface area contributed by atoms with Crippen LogP contribution in [-0.4, -0.2) is 18.4 Å². The summed E-state index contributed by atoms with van der Waals surface area (Å²) in [6.07, 6.45) is 14.1. The van der Waals surface area contributed by atoms with Gasteiger partial charge in [-0.25, -0.2) is 0 Å². The van der Waals surface area contributed by atoms with Crippen molar-refractivity contribution in [2.75, 3.05) is 6.54 Å². The smallest absolute Gasteiger partial charge is 0.149 e. The molecule has 0 aromatic heterocycles. The molecule has 0 aliphatic carbocycles. The Morgan fingerprint density at radius 3 is 2.16 bits per heavy atom. The second-order valence-corrected chi connectivity index (χ2v) is 8.81. The number of carbonyl (C=O) groups excluding carboxylic acids is 1. The summed E-state index contributed by atoms with van der Waals surface area (Å²) < 4.78 is 0. The van der Waals surface area contributed by atoms with Crippen LogP contribution in [0, 0.1) is 0 Å². The predicted octanol–water partition coefficient (Wildman–Crippen LogP) is 5.38. The number of unbranched alkanes of at least 4 members (excludes halogenated alkanes) is 8. The summed E-state index contributed by atoms with van der Waals surface area (Å²) in [6.45, 7) is 1.29. The van der Waals surface area contributed by atoms with Gasteiger partial charge in [0.05, 0.1) is 6.04 Å². The number of Topliss-reactive ketones (excluding diaryl/α,β-unsaturated/α-hetero) is 1. The van der Waals surface area contributed by atoms with Crippen LogP contribution in [0.25, 0.3) is 10.8 Å². The van der Waals surface area contributed by atoms with Gasteiger partial charge in [-0.15, -0.1) is 0 Å². The molecule has 1 atom stereocenters. The third-order valence-electron chi connectivity index (χ3n) is 6.34. The molecular formula is C27H43N3O. The van der Waals surface area contributed by atoms with E-state index in [2.05, 4.69) is 36.4 Å². The van der Waals surface area contributed by atoms with Crippen molar-refractivity contribution in [1.82, 2.24) is 0 Å². The number of ketones is 1. The number of fused-ring (bicyclic) bond motifs is 1. The largest absolute Gasteiger partial charge is 0.330 e. The lowest BCUT2D eigenvalue weighted by Gasteiger charge is -2.11. The maximum absolute atomic E-state index is 12.0. The van der Waals surface area contributed by atoms with E-state index >= 15 is 0 Å². The Kier molecular flexibility index (Phi) is 12.4. The van der Waals surface area contributed by atoms with Gasteiger partial charge < -0.3 is 17.2 Å². The molecule has 0 aliphatic rings. The van der Waals surface area contributed by atoms with Crippen LogP contribution in [0.3, 0.4) is 0 Å². The molecule has 0 saturated carbocycles. The first-order valence-corrected chi connectivity index (χ1v) is 12.3. The molecule has 0 saturated heterocycles. The van der Waals surface area contributed by atoms with Gasteiger partial charge >= 0.3 is 0 Å². The Bertz CT molecular complexity index is 774. The lowest BCUT2D eigenvalue weighted by atomic mass is 9.95. The molecule has 0 spiro atoms. The van der Waals surface area contributed by atoms with Gasteiger partial charge in [0.15, 0.2) is 0 Å². The van der Waals surface area contributed by atoms with Crippen molar-refractivity contribution in [3.8, 4) is 0 Å². The third kappa shape index (κ3) is 9.10. The SMILES string of the molecule is NCCCC[C@H](N)C(=O)CCCCCCCCCCc1ccc2ccccc2c1CN. The van der Waals surface area contributed by atoms with Crippen molar-refractivity contribution in [3.05, 3.63) is 47.5 Å². The highest BCUT2D eigenvalue weighted by molar-refractivity contribution is 5.86. The van der Waals surface area contributed by atoms with E-state index in [9.17, 15) is 4.79 Å². The number of rotatable bonds is 17. The minimum Gasteiger partial charge on any atom is -0.330 e. The zero-order valence-electron chi connectivity index (χ0n) is 19.3. The fourth-order valence-electron chi connectivity index (χ4n) is 4.39. The minimum absolute atomic E-state index is 0.225. The summed E-state index contributed by atoms with van der Waals surface area (Å²) >= 11 is 0. The number of carbonyl (C=O) groups is 1.